The molecular formula is C20H16N4O2. The molecule has 1 N–H and O–H groups in total. The average molecular weight is 344 g/mol. The summed E-state index contributed by atoms with van der Waals surface area (Å²) in [7, 11) is 0. The number of aliphatic hydroxyl groups excluding tert-OH is 1. The molecule has 0 aliphatic rings. The summed E-state index contributed by atoms with van der Waals surface area (Å²) >= 11 is 0. The SMILES string of the molecule is Cc1ccc(C)c(/C(O)=C/c2nnc3c4ccccc4cnn3c2=O)c1. The van der Waals surface area contributed by atoms with Crippen molar-refractivity contribution in [2.45, 2.75) is 13.8 Å². The summed E-state index contributed by atoms with van der Waals surface area (Å²) in [6.45, 7) is 3.83. The molecule has 26 heavy (non-hydrogen) atoms. The monoisotopic (exact) mass is 344 g/mol. The lowest BCUT2D eigenvalue weighted by atomic mass is 10.0. The van der Waals surface area contributed by atoms with Gasteiger partial charge in [-0.25, -0.2) is 0 Å². The minimum absolute atomic E-state index is 0.0293. The maximum Gasteiger partial charge on any atom is 0.300 e. The number of aliphatic hydroxyl groups is 1. The zero-order valence-corrected chi connectivity index (χ0v) is 14.3. The van der Waals surface area contributed by atoms with E-state index in [0.717, 1.165) is 21.9 Å². The molecule has 0 aliphatic heterocycles. The highest BCUT2D eigenvalue weighted by Crippen LogP contribution is 2.20. The highest BCUT2D eigenvalue weighted by molar-refractivity contribution is 5.92. The Kier molecular flexibility index (Phi) is 3.73. The zero-order valence-electron chi connectivity index (χ0n) is 14.3. The van der Waals surface area contributed by atoms with Crippen LogP contribution in [-0.4, -0.2) is 24.9 Å². The number of hydrogen-bond acceptors (Lipinski definition) is 5. The fraction of sp³-hybridized carbons (Fsp3) is 0.100. The third-order valence-electron chi connectivity index (χ3n) is 4.32. The van der Waals surface area contributed by atoms with Gasteiger partial charge in [0.25, 0.3) is 0 Å². The molecule has 0 saturated carbocycles. The number of aromatic nitrogens is 4. The van der Waals surface area contributed by atoms with Crippen LogP contribution in [0.15, 0.2) is 53.5 Å². The van der Waals surface area contributed by atoms with Crippen molar-refractivity contribution in [2.75, 3.05) is 0 Å². The number of nitrogens with zero attached hydrogens (tertiary/aromatic N) is 4. The number of fused-ring (bicyclic) bond motifs is 3. The first-order valence-electron chi connectivity index (χ1n) is 8.16. The maximum absolute atomic E-state index is 12.7. The molecule has 0 saturated heterocycles. The van der Waals surface area contributed by atoms with Gasteiger partial charge in [0.05, 0.1) is 6.20 Å². The number of hydrogen-bond donors (Lipinski definition) is 1. The van der Waals surface area contributed by atoms with E-state index in [-0.39, 0.29) is 11.5 Å². The molecule has 0 fully saturated rings. The summed E-state index contributed by atoms with van der Waals surface area (Å²) in [4.78, 5) is 12.7. The highest BCUT2D eigenvalue weighted by Gasteiger charge is 2.11. The molecule has 2 aromatic carbocycles. The standard InChI is InChI=1S/C20H16N4O2/c1-12-7-8-13(2)16(9-12)18(25)10-17-20(26)24-19(23-22-17)15-6-4-3-5-14(15)11-21-24/h3-11,25H,1-2H3/b18-10-. The molecule has 128 valence electrons. The second kappa shape index (κ2) is 6.07. The molecule has 0 bridgehead atoms. The van der Waals surface area contributed by atoms with Crippen LogP contribution in [0.4, 0.5) is 0 Å². The van der Waals surface area contributed by atoms with Gasteiger partial charge in [0.15, 0.2) is 11.3 Å². The van der Waals surface area contributed by atoms with Crippen molar-refractivity contribution in [1.82, 2.24) is 19.8 Å². The lowest BCUT2D eigenvalue weighted by Crippen LogP contribution is -2.22. The second-order valence-electron chi connectivity index (χ2n) is 6.21. The van der Waals surface area contributed by atoms with Gasteiger partial charge in [-0.1, -0.05) is 42.0 Å². The minimum atomic E-state index is -0.433. The quantitative estimate of drug-likeness (QED) is 0.446. The van der Waals surface area contributed by atoms with Crippen molar-refractivity contribution >= 4 is 28.3 Å². The molecule has 0 unspecified atom stereocenters. The maximum atomic E-state index is 12.7. The van der Waals surface area contributed by atoms with Crippen molar-refractivity contribution in [3.05, 3.63) is 81.4 Å². The third-order valence-corrected chi connectivity index (χ3v) is 4.32. The van der Waals surface area contributed by atoms with Crippen molar-refractivity contribution in [2.24, 2.45) is 0 Å². The Balaban J connectivity index is 1.90. The van der Waals surface area contributed by atoms with E-state index >= 15 is 0 Å². The van der Waals surface area contributed by atoms with Gasteiger partial charge in [-0.3, -0.25) is 4.79 Å². The van der Waals surface area contributed by atoms with Crippen molar-refractivity contribution in [3.63, 3.8) is 0 Å². The van der Waals surface area contributed by atoms with Crippen LogP contribution in [0.5, 0.6) is 0 Å². The predicted molar refractivity (Wildman–Crippen MR) is 101 cm³/mol. The first-order valence-corrected chi connectivity index (χ1v) is 8.16. The van der Waals surface area contributed by atoms with Crippen LogP contribution in [0.3, 0.4) is 0 Å². The molecule has 2 heterocycles. The van der Waals surface area contributed by atoms with E-state index in [1.54, 1.807) is 6.20 Å². The lowest BCUT2D eigenvalue weighted by Gasteiger charge is -2.07. The van der Waals surface area contributed by atoms with Gasteiger partial charge in [-0.15, -0.1) is 10.2 Å². The molecular weight excluding hydrogens is 328 g/mol. The van der Waals surface area contributed by atoms with E-state index in [9.17, 15) is 9.90 Å². The van der Waals surface area contributed by atoms with Gasteiger partial charge < -0.3 is 5.11 Å². The topological polar surface area (TPSA) is 80.4 Å². The highest BCUT2D eigenvalue weighted by atomic mass is 16.3. The Morgan fingerprint density at radius 2 is 1.92 bits per heavy atom. The largest absolute Gasteiger partial charge is 0.507 e. The number of rotatable bonds is 2. The van der Waals surface area contributed by atoms with Crippen LogP contribution in [0, 0.1) is 13.8 Å². The zero-order chi connectivity index (χ0) is 18.3. The fourth-order valence-electron chi connectivity index (χ4n) is 2.91. The van der Waals surface area contributed by atoms with Gasteiger partial charge in [0, 0.05) is 22.4 Å². The summed E-state index contributed by atoms with van der Waals surface area (Å²) in [5.41, 5.74) is 2.56. The summed E-state index contributed by atoms with van der Waals surface area (Å²) in [5.74, 6) is -0.0293. The van der Waals surface area contributed by atoms with Crippen molar-refractivity contribution < 1.29 is 5.11 Å². The summed E-state index contributed by atoms with van der Waals surface area (Å²) in [6, 6.07) is 13.3. The number of aryl methyl sites for hydroxylation is 2. The van der Waals surface area contributed by atoms with E-state index in [1.807, 2.05) is 56.3 Å². The Hall–Kier alpha value is -3.54. The molecule has 4 rings (SSSR count). The van der Waals surface area contributed by atoms with E-state index in [0.29, 0.717) is 11.2 Å². The van der Waals surface area contributed by atoms with E-state index in [1.165, 1.54) is 10.6 Å². The van der Waals surface area contributed by atoms with Crippen LogP contribution in [0.1, 0.15) is 22.4 Å². The van der Waals surface area contributed by atoms with Crippen LogP contribution in [0.25, 0.3) is 28.3 Å². The molecule has 2 aromatic heterocycles. The van der Waals surface area contributed by atoms with E-state index < -0.39 is 5.56 Å². The molecule has 6 heteroatoms. The van der Waals surface area contributed by atoms with Gasteiger partial charge in [-0.2, -0.15) is 9.61 Å². The van der Waals surface area contributed by atoms with Gasteiger partial charge in [0.2, 0.25) is 0 Å². The molecule has 0 aliphatic carbocycles. The number of benzene rings is 2. The molecule has 0 spiro atoms. The molecule has 4 aromatic rings. The first-order chi connectivity index (χ1) is 12.5. The van der Waals surface area contributed by atoms with Crippen LogP contribution < -0.4 is 5.56 Å². The molecule has 0 amide bonds. The van der Waals surface area contributed by atoms with E-state index in [4.69, 9.17) is 0 Å². The normalized spacial score (nSPS) is 12.0. The van der Waals surface area contributed by atoms with Crippen molar-refractivity contribution in [1.29, 1.82) is 0 Å². The molecule has 6 nitrogen and oxygen atoms in total. The van der Waals surface area contributed by atoms with Gasteiger partial charge in [0.1, 0.15) is 5.76 Å². The Morgan fingerprint density at radius 3 is 2.77 bits per heavy atom. The Labute approximate surface area is 149 Å². The minimum Gasteiger partial charge on any atom is -0.507 e. The van der Waals surface area contributed by atoms with Crippen LogP contribution in [0.2, 0.25) is 0 Å². The van der Waals surface area contributed by atoms with Crippen molar-refractivity contribution in [3.8, 4) is 0 Å². The molecule has 0 atom stereocenters. The fourth-order valence-corrected chi connectivity index (χ4v) is 2.91. The predicted octanol–water partition coefficient (Wildman–Crippen LogP) is 3.31. The van der Waals surface area contributed by atoms with Crippen LogP contribution in [-0.2, 0) is 0 Å². The van der Waals surface area contributed by atoms with Gasteiger partial charge >= 0.3 is 5.56 Å². The Morgan fingerprint density at radius 1 is 1.12 bits per heavy atom. The third kappa shape index (κ3) is 2.61. The van der Waals surface area contributed by atoms with Crippen LogP contribution >= 0.6 is 0 Å². The Bertz CT molecular complexity index is 1240. The summed E-state index contributed by atoms with van der Waals surface area (Å²) < 4.78 is 1.21. The summed E-state index contributed by atoms with van der Waals surface area (Å²) in [6.07, 6.45) is 2.95. The smallest absolute Gasteiger partial charge is 0.300 e. The van der Waals surface area contributed by atoms with Gasteiger partial charge in [-0.05, 0) is 25.5 Å². The first kappa shape index (κ1) is 16.0. The second-order valence-corrected chi connectivity index (χ2v) is 6.21. The summed E-state index contributed by atoms with van der Waals surface area (Å²) in [5, 5.41) is 24.5. The van der Waals surface area contributed by atoms with E-state index in [2.05, 4.69) is 15.3 Å². The molecule has 0 radical (unpaired) electrons. The lowest BCUT2D eigenvalue weighted by molar-refractivity contribution is 0.514. The average Bonchev–Trinajstić information content (AvgIpc) is 2.65.